The van der Waals surface area contributed by atoms with E-state index in [0.717, 1.165) is 11.1 Å². The number of rotatable bonds is 12. The Morgan fingerprint density at radius 3 is 2.16 bits per heavy atom. The second-order valence-corrected chi connectivity index (χ2v) is 8.76. The molecule has 0 aliphatic heterocycles. The van der Waals surface area contributed by atoms with E-state index in [0.29, 0.717) is 6.42 Å². The molecule has 0 unspecified atom stereocenters. The van der Waals surface area contributed by atoms with Crippen molar-refractivity contribution in [2.45, 2.75) is 38.9 Å². The molecule has 1 N–H and O–H groups in total. The first-order valence-corrected chi connectivity index (χ1v) is 11.9. The summed E-state index contributed by atoms with van der Waals surface area (Å²) < 4.78 is 10.8. The van der Waals surface area contributed by atoms with Crippen molar-refractivity contribution in [2.75, 3.05) is 13.7 Å². The number of hydrogen-bond donors (Lipinski definition) is 1. The fourth-order valence-electron chi connectivity index (χ4n) is 3.84. The number of hydrogen-bond acceptors (Lipinski definition) is 6. The van der Waals surface area contributed by atoms with Gasteiger partial charge in [-0.3, -0.25) is 19.7 Å². The quantitative estimate of drug-likeness (QED) is 0.292. The van der Waals surface area contributed by atoms with Crippen molar-refractivity contribution in [1.82, 2.24) is 10.2 Å². The number of nitrogens with zero attached hydrogens (tertiary/aromatic N) is 2. The van der Waals surface area contributed by atoms with Crippen LogP contribution in [0.2, 0.25) is 0 Å². The van der Waals surface area contributed by atoms with Gasteiger partial charge in [0.1, 0.15) is 11.8 Å². The molecule has 0 aliphatic rings. The normalized spacial score (nSPS) is 11.5. The maximum Gasteiger partial charge on any atom is 0.311 e. The predicted octanol–water partition coefficient (Wildman–Crippen LogP) is 4.15. The van der Waals surface area contributed by atoms with E-state index < -0.39 is 16.9 Å². The predicted molar refractivity (Wildman–Crippen MR) is 139 cm³/mol. The van der Waals surface area contributed by atoms with Gasteiger partial charge in [0.2, 0.25) is 11.7 Å². The van der Waals surface area contributed by atoms with E-state index in [2.05, 4.69) is 5.32 Å². The Morgan fingerprint density at radius 1 is 0.973 bits per heavy atom. The van der Waals surface area contributed by atoms with Crippen LogP contribution in [0.5, 0.6) is 11.5 Å². The largest absolute Gasteiger partial charge is 0.490 e. The van der Waals surface area contributed by atoms with Crippen LogP contribution in [-0.2, 0) is 22.6 Å². The van der Waals surface area contributed by atoms with E-state index in [9.17, 15) is 19.7 Å². The maximum atomic E-state index is 13.6. The van der Waals surface area contributed by atoms with Crippen LogP contribution in [0.3, 0.4) is 0 Å². The van der Waals surface area contributed by atoms with Crippen LogP contribution in [0.25, 0.3) is 0 Å². The van der Waals surface area contributed by atoms with Gasteiger partial charge in [-0.2, -0.15) is 0 Å². The van der Waals surface area contributed by atoms with E-state index in [1.807, 2.05) is 74.5 Å². The van der Waals surface area contributed by atoms with Crippen LogP contribution in [0.15, 0.2) is 78.9 Å². The van der Waals surface area contributed by atoms with Gasteiger partial charge in [-0.05, 0) is 31.0 Å². The van der Waals surface area contributed by atoms with Gasteiger partial charge in [-0.15, -0.1) is 0 Å². The summed E-state index contributed by atoms with van der Waals surface area (Å²) in [7, 11) is 1.32. The lowest BCUT2D eigenvalue weighted by Crippen LogP contribution is -2.52. The van der Waals surface area contributed by atoms with Crippen molar-refractivity contribution in [2.24, 2.45) is 0 Å². The molecule has 0 heterocycles. The van der Waals surface area contributed by atoms with Crippen LogP contribution in [0, 0.1) is 10.1 Å². The molecule has 3 rings (SSSR count). The van der Waals surface area contributed by atoms with Crippen LogP contribution in [0.1, 0.15) is 25.0 Å². The zero-order valence-electron chi connectivity index (χ0n) is 21.1. The number of methoxy groups -OCH3 is 1. The molecular formula is C28H31N3O6. The summed E-state index contributed by atoms with van der Waals surface area (Å²) in [5.74, 6) is -0.405. The number of ether oxygens (including phenoxy) is 2. The van der Waals surface area contributed by atoms with Gasteiger partial charge in [0.25, 0.3) is 5.91 Å². The third kappa shape index (κ3) is 7.79. The van der Waals surface area contributed by atoms with Gasteiger partial charge in [-0.1, -0.05) is 60.7 Å². The minimum atomic E-state index is -0.785. The summed E-state index contributed by atoms with van der Waals surface area (Å²) in [5, 5.41) is 14.1. The van der Waals surface area contributed by atoms with Crippen LogP contribution < -0.4 is 14.8 Å². The van der Waals surface area contributed by atoms with Crippen LogP contribution in [-0.4, -0.2) is 47.4 Å². The number of carbonyl (C=O) groups excluding carboxylic acids is 2. The Hall–Kier alpha value is -4.40. The molecule has 0 bridgehead atoms. The number of amides is 2. The summed E-state index contributed by atoms with van der Waals surface area (Å²) in [4.78, 5) is 39.0. The first-order chi connectivity index (χ1) is 17.8. The lowest BCUT2D eigenvalue weighted by atomic mass is 10.0. The molecule has 0 fully saturated rings. The average Bonchev–Trinajstić information content (AvgIpc) is 2.89. The third-order valence-electron chi connectivity index (χ3n) is 5.61. The molecule has 2 amide bonds. The fraction of sp³-hybridized carbons (Fsp3) is 0.286. The molecule has 0 aromatic heterocycles. The first-order valence-electron chi connectivity index (χ1n) is 11.9. The summed E-state index contributed by atoms with van der Waals surface area (Å²) in [5.41, 5.74) is 1.57. The molecule has 194 valence electrons. The smallest absolute Gasteiger partial charge is 0.311 e. The number of nitro benzene ring substituents is 1. The highest BCUT2D eigenvalue weighted by molar-refractivity contribution is 5.88. The number of carbonyl (C=O) groups is 2. The molecule has 9 heteroatoms. The van der Waals surface area contributed by atoms with Crippen molar-refractivity contribution in [3.63, 3.8) is 0 Å². The van der Waals surface area contributed by atoms with Gasteiger partial charge in [0, 0.05) is 31.1 Å². The van der Waals surface area contributed by atoms with E-state index in [-0.39, 0.29) is 42.3 Å². The van der Waals surface area contributed by atoms with Crippen molar-refractivity contribution >= 4 is 17.5 Å². The van der Waals surface area contributed by atoms with Gasteiger partial charge >= 0.3 is 5.69 Å². The van der Waals surface area contributed by atoms with Gasteiger partial charge in [-0.25, -0.2) is 0 Å². The topological polar surface area (TPSA) is 111 Å². The molecule has 3 aromatic carbocycles. The maximum absolute atomic E-state index is 13.6. The lowest BCUT2D eigenvalue weighted by Gasteiger charge is -2.32. The Morgan fingerprint density at radius 2 is 1.59 bits per heavy atom. The molecule has 0 radical (unpaired) electrons. The van der Waals surface area contributed by atoms with E-state index in [1.165, 1.54) is 30.2 Å². The lowest BCUT2D eigenvalue weighted by molar-refractivity contribution is -0.385. The molecule has 0 saturated carbocycles. The molecule has 3 aromatic rings. The highest BCUT2D eigenvalue weighted by atomic mass is 16.6. The molecule has 0 saturated heterocycles. The summed E-state index contributed by atoms with van der Waals surface area (Å²) in [6, 6.07) is 22.1. The SMILES string of the molecule is COc1cc(OCC(=O)N(Cc2ccccc2)[C@@H](Cc2ccccc2)C(=O)NC(C)C)ccc1[N+](=O)[O-]. The average molecular weight is 506 g/mol. The third-order valence-corrected chi connectivity index (χ3v) is 5.61. The second kappa shape index (κ2) is 13.1. The van der Waals surface area contributed by atoms with Crippen molar-refractivity contribution < 1.29 is 24.0 Å². The van der Waals surface area contributed by atoms with E-state index in [1.54, 1.807) is 0 Å². The Balaban J connectivity index is 1.89. The summed E-state index contributed by atoms with van der Waals surface area (Å²) >= 11 is 0. The fourth-order valence-corrected chi connectivity index (χ4v) is 3.84. The Kier molecular flexibility index (Phi) is 9.60. The van der Waals surface area contributed by atoms with Crippen LogP contribution in [0.4, 0.5) is 5.69 Å². The number of nitrogens with one attached hydrogen (secondary N) is 1. The van der Waals surface area contributed by atoms with Gasteiger partial charge in [0.15, 0.2) is 6.61 Å². The van der Waals surface area contributed by atoms with Gasteiger partial charge in [0.05, 0.1) is 12.0 Å². The zero-order chi connectivity index (χ0) is 26.8. The summed E-state index contributed by atoms with van der Waals surface area (Å²) in [6.45, 7) is 3.57. The molecule has 9 nitrogen and oxygen atoms in total. The van der Waals surface area contributed by atoms with Gasteiger partial charge < -0.3 is 19.7 Å². The highest BCUT2D eigenvalue weighted by Crippen LogP contribution is 2.30. The Labute approximate surface area is 216 Å². The monoisotopic (exact) mass is 505 g/mol. The molecular weight excluding hydrogens is 474 g/mol. The van der Waals surface area contributed by atoms with Crippen molar-refractivity contribution in [1.29, 1.82) is 0 Å². The zero-order valence-corrected chi connectivity index (χ0v) is 21.1. The van der Waals surface area contributed by atoms with Crippen LogP contribution >= 0.6 is 0 Å². The molecule has 37 heavy (non-hydrogen) atoms. The first kappa shape index (κ1) is 27.2. The molecule has 1 atom stereocenters. The summed E-state index contributed by atoms with van der Waals surface area (Å²) in [6.07, 6.45) is 0.323. The molecule has 0 aliphatic carbocycles. The van der Waals surface area contributed by atoms with E-state index in [4.69, 9.17) is 9.47 Å². The molecule has 0 spiro atoms. The number of benzene rings is 3. The number of nitro groups is 1. The second-order valence-electron chi connectivity index (χ2n) is 8.76. The van der Waals surface area contributed by atoms with Crippen molar-refractivity contribution in [3.05, 3.63) is 100 Å². The van der Waals surface area contributed by atoms with E-state index >= 15 is 0 Å². The minimum absolute atomic E-state index is 0.0226. The standard InChI is InChI=1S/C28H31N3O6/c1-20(2)29-28(33)25(16-21-10-6-4-7-11-21)30(18-22-12-8-5-9-13-22)27(32)19-37-23-14-15-24(31(34)35)26(17-23)36-3/h4-15,17,20,25H,16,18-19H2,1-3H3,(H,29,33)/t25-/m0/s1. The Bertz CT molecular complexity index is 1200. The van der Waals surface area contributed by atoms with Crippen molar-refractivity contribution in [3.8, 4) is 11.5 Å². The highest BCUT2D eigenvalue weighted by Gasteiger charge is 2.31. The minimum Gasteiger partial charge on any atom is -0.490 e.